The summed E-state index contributed by atoms with van der Waals surface area (Å²) in [5.41, 5.74) is 7.82. The monoisotopic (exact) mass is 219 g/mol. The Morgan fingerprint density at radius 2 is 2.12 bits per heavy atom. The Kier molecular flexibility index (Phi) is 3.03. The van der Waals surface area contributed by atoms with Crippen LogP contribution in [0.1, 0.15) is 32.3 Å². The van der Waals surface area contributed by atoms with Crippen LogP contribution in [0.15, 0.2) is 12.3 Å². The van der Waals surface area contributed by atoms with Gasteiger partial charge < -0.3 is 11.1 Å². The van der Waals surface area contributed by atoms with Crippen LogP contribution in [0.5, 0.6) is 0 Å². The summed E-state index contributed by atoms with van der Waals surface area (Å²) < 4.78 is 0. The van der Waals surface area contributed by atoms with Gasteiger partial charge in [0.25, 0.3) is 0 Å². The maximum absolute atomic E-state index is 5.95. The van der Waals surface area contributed by atoms with E-state index in [2.05, 4.69) is 24.1 Å². The van der Waals surface area contributed by atoms with Crippen molar-refractivity contribution in [3.8, 4) is 0 Å². The van der Waals surface area contributed by atoms with E-state index in [-0.39, 0.29) is 0 Å². The summed E-state index contributed by atoms with van der Waals surface area (Å²) in [5.74, 6) is 2.34. The van der Waals surface area contributed by atoms with E-state index < -0.39 is 0 Å². The molecule has 1 aliphatic carbocycles. The number of nitrogen functional groups attached to an aromatic ring is 1. The second kappa shape index (κ2) is 4.32. The average molecular weight is 219 g/mol. The highest BCUT2D eigenvalue weighted by atomic mass is 15.0. The maximum Gasteiger partial charge on any atom is 0.149 e. The third kappa shape index (κ3) is 2.13. The molecular weight excluding hydrogens is 198 g/mol. The fraction of sp³-hybridized carbons (Fsp3) is 0.615. The van der Waals surface area contributed by atoms with Crippen molar-refractivity contribution in [2.45, 2.75) is 39.7 Å². The van der Waals surface area contributed by atoms with E-state index in [1.54, 1.807) is 0 Å². The van der Waals surface area contributed by atoms with Crippen LogP contribution in [-0.2, 0) is 0 Å². The molecule has 0 spiro atoms. The average Bonchev–Trinajstić information content (AvgIpc) is 2.54. The van der Waals surface area contributed by atoms with Crippen molar-refractivity contribution in [3.63, 3.8) is 0 Å². The molecule has 88 valence electrons. The highest BCUT2D eigenvalue weighted by Crippen LogP contribution is 2.33. The van der Waals surface area contributed by atoms with Crippen LogP contribution in [0.25, 0.3) is 0 Å². The molecule has 0 radical (unpaired) electrons. The van der Waals surface area contributed by atoms with Crippen LogP contribution in [0.4, 0.5) is 11.5 Å². The van der Waals surface area contributed by atoms with E-state index in [4.69, 9.17) is 5.73 Å². The van der Waals surface area contributed by atoms with Crippen molar-refractivity contribution in [2.24, 2.45) is 11.8 Å². The van der Waals surface area contributed by atoms with E-state index in [1.165, 1.54) is 12.8 Å². The number of aryl methyl sites for hydroxylation is 1. The Hall–Kier alpha value is -1.25. The zero-order chi connectivity index (χ0) is 11.7. The molecule has 3 atom stereocenters. The van der Waals surface area contributed by atoms with Crippen LogP contribution < -0.4 is 11.1 Å². The molecule has 3 nitrogen and oxygen atoms in total. The lowest BCUT2D eigenvalue weighted by Gasteiger charge is -2.21. The summed E-state index contributed by atoms with van der Waals surface area (Å²) in [5, 5.41) is 3.48. The molecule has 0 amide bonds. The predicted octanol–water partition coefficient (Wildman–Crippen LogP) is 2.82. The smallest absolute Gasteiger partial charge is 0.149 e. The van der Waals surface area contributed by atoms with Crippen molar-refractivity contribution in [3.05, 3.63) is 17.8 Å². The molecule has 3 unspecified atom stereocenters. The minimum atomic E-state index is 0.521. The normalized spacial score (nSPS) is 29.3. The third-order valence-corrected chi connectivity index (χ3v) is 3.84. The summed E-state index contributed by atoms with van der Waals surface area (Å²) in [6, 6.07) is 2.49. The lowest BCUT2D eigenvalue weighted by Crippen LogP contribution is -2.25. The zero-order valence-electron chi connectivity index (χ0n) is 10.3. The first kappa shape index (κ1) is 11.2. The number of nitrogens with two attached hydrogens (primary N) is 1. The Morgan fingerprint density at radius 1 is 1.38 bits per heavy atom. The van der Waals surface area contributed by atoms with Crippen molar-refractivity contribution >= 4 is 11.5 Å². The van der Waals surface area contributed by atoms with Crippen molar-refractivity contribution in [2.75, 3.05) is 11.1 Å². The standard InChI is InChI=1S/C13H21N3/c1-8-6-11(14)13(15-7-8)16-12-5-4-9(2)10(12)3/h6-7,9-10,12H,4-5,14H2,1-3H3,(H,15,16). The van der Waals surface area contributed by atoms with E-state index in [1.807, 2.05) is 19.2 Å². The van der Waals surface area contributed by atoms with Gasteiger partial charge in [0.05, 0.1) is 5.69 Å². The second-order valence-corrected chi connectivity index (χ2v) is 5.12. The Labute approximate surface area is 97.5 Å². The van der Waals surface area contributed by atoms with Gasteiger partial charge in [0.1, 0.15) is 5.82 Å². The van der Waals surface area contributed by atoms with Gasteiger partial charge >= 0.3 is 0 Å². The molecule has 1 fully saturated rings. The number of nitrogens with zero attached hydrogens (tertiary/aromatic N) is 1. The molecule has 0 aliphatic heterocycles. The van der Waals surface area contributed by atoms with Crippen LogP contribution in [0, 0.1) is 18.8 Å². The van der Waals surface area contributed by atoms with Gasteiger partial charge in [-0.15, -0.1) is 0 Å². The molecule has 2 rings (SSSR count). The highest BCUT2D eigenvalue weighted by molar-refractivity contribution is 5.62. The van der Waals surface area contributed by atoms with Gasteiger partial charge in [-0.2, -0.15) is 0 Å². The van der Waals surface area contributed by atoms with Crippen molar-refractivity contribution < 1.29 is 0 Å². The molecule has 0 saturated heterocycles. The van der Waals surface area contributed by atoms with Gasteiger partial charge in [-0.25, -0.2) is 4.98 Å². The Bertz CT molecular complexity index is 375. The van der Waals surface area contributed by atoms with Crippen molar-refractivity contribution in [1.82, 2.24) is 4.98 Å². The molecular formula is C13H21N3. The van der Waals surface area contributed by atoms with E-state index in [9.17, 15) is 0 Å². The lowest BCUT2D eigenvalue weighted by atomic mass is 9.98. The number of nitrogens with one attached hydrogen (secondary N) is 1. The molecule has 3 heteroatoms. The second-order valence-electron chi connectivity index (χ2n) is 5.12. The van der Waals surface area contributed by atoms with Gasteiger partial charge in [0, 0.05) is 12.2 Å². The maximum atomic E-state index is 5.95. The van der Waals surface area contributed by atoms with Gasteiger partial charge in [-0.05, 0) is 43.2 Å². The minimum absolute atomic E-state index is 0.521. The van der Waals surface area contributed by atoms with Gasteiger partial charge in [0.15, 0.2) is 0 Å². The lowest BCUT2D eigenvalue weighted by molar-refractivity contribution is 0.435. The minimum Gasteiger partial charge on any atom is -0.396 e. The first-order chi connectivity index (χ1) is 7.58. The fourth-order valence-electron chi connectivity index (χ4n) is 2.46. The van der Waals surface area contributed by atoms with Crippen LogP contribution in [-0.4, -0.2) is 11.0 Å². The molecule has 3 N–H and O–H groups in total. The van der Waals surface area contributed by atoms with Crippen LogP contribution >= 0.6 is 0 Å². The summed E-state index contributed by atoms with van der Waals surface area (Å²) >= 11 is 0. The van der Waals surface area contributed by atoms with Gasteiger partial charge in [0.2, 0.25) is 0 Å². The van der Waals surface area contributed by atoms with Gasteiger partial charge in [-0.3, -0.25) is 0 Å². The zero-order valence-corrected chi connectivity index (χ0v) is 10.3. The predicted molar refractivity (Wildman–Crippen MR) is 68.4 cm³/mol. The molecule has 1 aromatic rings. The highest BCUT2D eigenvalue weighted by Gasteiger charge is 2.29. The first-order valence-electron chi connectivity index (χ1n) is 6.06. The number of aromatic nitrogens is 1. The number of hydrogen-bond acceptors (Lipinski definition) is 3. The molecule has 0 aromatic carbocycles. The largest absolute Gasteiger partial charge is 0.396 e. The van der Waals surface area contributed by atoms with Crippen molar-refractivity contribution in [1.29, 1.82) is 0 Å². The first-order valence-corrected chi connectivity index (χ1v) is 6.06. The fourth-order valence-corrected chi connectivity index (χ4v) is 2.46. The Morgan fingerprint density at radius 3 is 2.69 bits per heavy atom. The molecule has 1 heterocycles. The molecule has 1 saturated carbocycles. The summed E-state index contributed by atoms with van der Waals surface area (Å²) in [6.45, 7) is 6.63. The van der Waals surface area contributed by atoms with Crippen LogP contribution in [0.3, 0.4) is 0 Å². The number of anilines is 2. The number of pyridine rings is 1. The summed E-state index contributed by atoms with van der Waals surface area (Å²) in [4.78, 5) is 4.36. The third-order valence-electron chi connectivity index (χ3n) is 3.84. The van der Waals surface area contributed by atoms with Gasteiger partial charge in [-0.1, -0.05) is 13.8 Å². The molecule has 1 aliphatic rings. The Balaban J connectivity index is 2.09. The SMILES string of the molecule is Cc1cnc(NC2CCC(C)C2C)c(N)c1. The van der Waals surface area contributed by atoms with Crippen LogP contribution in [0.2, 0.25) is 0 Å². The van der Waals surface area contributed by atoms with E-state index in [0.717, 1.165) is 23.0 Å². The number of rotatable bonds is 2. The number of hydrogen-bond donors (Lipinski definition) is 2. The summed E-state index contributed by atoms with van der Waals surface area (Å²) in [6.07, 6.45) is 4.38. The quantitative estimate of drug-likeness (QED) is 0.804. The topological polar surface area (TPSA) is 50.9 Å². The molecule has 1 aromatic heterocycles. The summed E-state index contributed by atoms with van der Waals surface area (Å²) in [7, 11) is 0. The molecule has 16 heavy (non-hydrogen) atoms. The van der Waals surface area contributed by atoms with E-state index in [0.29, 0.717) is 12.0 Å². The molecule has 0 bridgehead atoms. The van der Waals surface area contributed by atoms with E-state index >= 15 is 0 Å².